The molecule has 0 aliphatic carbocycles. The lowest BCUT2D eigenvalue weighted by atomic mass is 10.2. The van der Waals surface area contributed by atoms with Crippen LogP contribution in [0.25, 0.3) is 0 Å². The average Bonchev–Trinajstić information content (AvgIpc) is 2.38. The first-order valence-electron chi connectivity index (χ1n) is 5.90. The molecule has 0 N–H and O–H groups in total. The highest BCUT2D eigenvalue weighted by Gasteiger charge is 2.34. The van der Waals surface area contributed by atoms with Gasteiger partial charge in [-0.05, 0) is 24.6 Å². The standard InChI is InChI=1S/C15H12F3NO/c1-11-5-4-6-12(9-11)10-19-20-14-8-3-2-7-13(14)15(16,17)18/h2-10H,1H3/b19-10-. The van der Waals surface area contributed by atoms with E-state index in [9.17, 15) is 13.2 Å². The van der Waals surface area contributed by atoms with Crippen molar-refractivity contribution in [2.24, 2.45) is 5.16 Å². The van der Waals surface area contributed by atoms with E-state index in [4.69, 9.17) is 4.84 Å². The molecule has 0 aromatic heterocycles. The summed E-state index contributed by atoms with van der Waals surface area (Å²) in [4.78, 5) is 4.86. The summed E-state index contributed by atoms with van der Waals surface area (Å²) in [7, 11) is 0. The molecule has 0 heterocycles. The Balaban J connectivity index is 2.16. The van der Waals surface area contributed by atoms with E-state index in [0.717, 1.165) is 17.2 Å². The van der Waals surface area contributed by atoms with Gasteiger partial charge in [-0.2, -0.15) is 13.2 Å². The quantitative estimate of drug-likeness (QED) is 0.601. The minimum Gasteiger partial charge on any atom is -0.356 e. The van der Waals surface area contributed by atoms with Crippen molar-refractivity contribution in [1.29, 1.82) is 0 Å². The van der Waals surface area contributed by atoms with E-state index in [-0.39, 0.29) is 5.75 Å². The molecule has 2 rings (SSSR count). The van der Waals surface area contributed by atoms with Crippen molar-refractivity contribution in [3.63, 3.8) is 0 Å². The predicted molar refractivity (Wildman–Crippen MR) is 70.8 cm³/mol. The average molecular weight is 279 g/mol. The molecule has 0 aliphatic rings. The Kier molecular flexibility index (Phi) is 4.08. The summed E-state index contributed by atoms with van der Waals surface area (Å²) in [6, 6.07) is 12.3. The molecule has 0 aliphatic heterocycles. The highest BCUT2D eigenvalue weighted by atomic mass is 19.4. The molecule has 2 aromatic rings. The monoisotopic (exact) mass is 279 g/mol. The van der Waals surface area contributed by atoms with E-state index in [1.165, 1.54) is 24.4 Å². The van der Waals surface area contributed by atoms with Crippen LogP contribution in [0.2, 0.25) is 0 Å². The fraction of sp³-hybridized carbons (Fsp3) is 0.133. The fourth-order valence-corrected chi connectivity index (χ4v) is 1.67. The molecule has 5 heteroatoms. The van der Waals surface area contributed by atoms with Crippen LogP contribution in [-0.2, 0) is 6.18 Å². The SMILES string of the molecule is Cc1cccc(/C=N\Oc2ccccc2C(F)(F)F)c1. The van der Waals surface area contributed by atoms with Crippen LogP contribution in [0.4, 0.5) is 13.2 Å². The number of hydrogen-bond donors (Lipinski definition) is 0. The third-order valence-electron chi connectivity index (χ3n) is 2.59. The lowest BCUT2D eigenvalue weighted by Crippen LogP contribution is -2.06. The van der Waals surface area contributed by atoms with Crippen LogP contribution in [0, 0.1) is 6.92 Å². The number of oxime groups is 1. The zero-order valence-electron chi connectivity index (χ0n) is 10.7. The van der Waals surface area contributed by atoms with Gasteiger partial charge in [0.1, 0.15) is 5.56 Å². The molecule has 2 aromatic carbocycles. The Morgan fingerprint density at radius 1 is 1.05 bits per heavy atom. The van der Waals surface area contributed by atoms with Crippen molar-refractivity contribution in [3.05, 3.63) is 65.2 Å². The lowest BCUT2D eigenvalue weighted by Gasteiger charge is -2.09. The van der Waals surface area contributed by atoms with Gasteiger partial charge in [-0.3, -0.25) is 0 Å². The fourth-order valence-electron chi connectivity index (χ4n) is 1.67. The van der Waals surface area contributed by atoms with Crippen LogP contribution in [-0.4, -0.2) is 6.21 Å². The maximum atomic E-state index is 12.7. The van der Waals surface area contributed by atoms with E-state index in [0.29, 0.717) is 0 Å². The number of benzene rings is 2. The van der Waals surface area contributed by atoms with E-state index in [1.807, 2.05) is 25.1 Å². The Morgan fingerprint density at radius 3 is 2.50 bits per heavy atom. The van der Waals surface area contributed by atoms with Crippen molar-refractivity contribution >= 4 is 6.21 Å². The lowest BCUT2D eigenvalue weighted by molar-refractivity contribution is -0.138. The van der Waals surface area contributed by atoms with Gasteiger partial charge < -0.3 is 4.84 Å². The Bertz CT molecular complexity index is 621. The van der Waals surface area contributed by atoms with Crippen LogP contribution in [0.5, 0.6) is 5.75 Å². The minimum absolute atomic E-state index is 0.316. The van der Waals surface area contributed by atoms with Crippen LogP contribution in [0.3, 0.4) is 0 Å². The third kappa shape index (κ3) is 3.60. The van der Waals surface area contributed by atoms with Crippen LogP contribution >= 0.6 is 0 Å². The van der Waals surface area contributed by atoms with Crippen LogP contribution in [0.1, 0.15) is 16.7 Å². The molecule has 0 saturated carbocycles. The molecule has 0 fully saturated rings. The minimum atomic E-state index is -4.46. The number of alkyl halides is 3. The maximum absolute atomic E-state index is 12.7. The summed E-state index contributed by atoms with van der Waals surface area (Å²) >= 11 is 0. The highest BCUT2D eigenvalue weighted by molar-refractivity contribution is 5.79. The first kappa shape index (κ1) is 14.1. The Labute approximate surface area is 114 Å². The van der Waals surface area contributed by atoms with Gasteiger partial charge >= 0.3 is 6.18 Å². The molecule has 0 unspecified atom stereocenters. The first-order valence-corrected chi connectivity index (χ1v) is 5.90. The van der Waals surface area contributed by atoms with E-state index in [1.54, 1.807) is 6.07 Å². The summed E-state index contributed by atoms with van der Waals surface area (Å²) in [5.41, 5.74) is 0.945. The van der Waals surface area contributed by atoms with Crippen LogP contribution in [0.15, 0.2) is 53.7 Å². The van der Waals surface area contributed by atoms with Crippen molar-refractivity contribution in [3.8, 4) is 5.75 Å². The van der Waals surface area contributed by atoms with Crippen molar-refractivity contribution in [2.45, 2.75) is 13.1 Å². The number of para-hydroxylation sites is 1. The number of rotatable bonds is 3. The van der Waals surface area contributed by atoms with Gasteiger partial charge in [-0.25, -0.2) is 0 Å². The molecule has 0 amide bonds. The smallest absolute Gasteiger partial charge is 0.356 e. The van der Waals surface area contributed by atoms with Gasteiger partial charge in [-0.1, -0.05) is 47.1 Å². The summed E-state index contributed by atoms with van der Waals surface area (Å²) in [6.07, 6.45) is -3.09. The summed E-state index contributed by atoms with van der Waals surface area (Å²) in [5, 5.41) is 3.60. The molecular formula is C15H12F3NO. The normalized spacial score (nSPS) is 11.8. The second-order valence-electron chi connectivity index (χ2n) is 4.23. The molecule has 2 nitrogen and oxygen atoms in total. The molecule has 0 bridgehead atoms. The molecule has 0 spiro atoms. The molecule has 20 heavy (non-hydrogen) atoms. The Morgan fingerprint density at radius 2 is 1.80 bits per heavy atom. The highest BCUT2D eigenvalue weighted by Crippen LogP contribution is 2.35. The zero-order chi connectivity index (χ0) is 14.6. The molecule has 0 atom stereocenters. The van der Waals surface area contributed by atoms with Gasteiger partial charge in [0.25, 0.3) is 0 Å². The number of halogens is 3. The molecule has 104 valence electrons. The van der Waals surface area contributed by atoms with Gasteiger partial charge in [0.2, 0.25) is 0 Å². The summed E-state index contributed by atoms with van der Waals surface area (Å²) in [5.74, 6) is -0.316. The second-order valence-corrected chi connectivity index (χ2v) is 4.23. The molecule has 0 saturated heterocycles. The molecule has 0 radical (unpaired) electrons. The van der Waals surface area contributed by atoms with Gasteiger partial charge in [0.15, 0.2) is 5.75 Å². The van der Waals surface area contributed by atoms with Crippen molar-refractivity contribution < 1.29 is 18.0 Å². The van der Waals surface area contributed by atoms with E-state index >= 15 is 0 Å². The maximum Gasteiger partial charge on any atom is 0.420 e. The first-order chi connectivity index (χ1) is 9.47. The number of nitrogens with zero attached hydrogens (tertiary/aromatic N) is 1. The van der Waals surface area contributed by atoms with Crippen molar-refractivity contribution in [2.75, 3.05) is 0 Å². The second kappa shape index (κ2) is 5.77. The van der Waals surface area contributed by atoms with Gasteiger partial charge in [0, 0.05) is 0 Å². The van der Waals surface area contributed by atoms with Gasteiger partial charge in [0.05, 0.1) is 6.21 Å². The van der Waals surface area contributed by atoms with E-state index in [2.05, 4.69) is 5.16 Å². The number of aryl methyl sites for hydroxylation is 1. The van der Waals surface area contributed by atoms with Crippen LogP contribution < -0.4 is 4.84 Å². The van der Waals surface area contributed by atoms with Gasteiger partial charge in [-0.15, -0.1) is 0 Å². The molecular weight excluding hydrogens is 267 g/mol. The third-order valence-corrected chi connectivity index (χ3v) is 2.59. The van der Waals surface area contributed by atoms with E-state index < -0.39 is 11.7 Å². The topological polar surface area (TPSA) is 21.6 Å². The number of hydrogen-bond acceptors (Lipinski definition) is 2. The zero-order valence-corrected chi connectivity index (χ0v) is 10.7. The summed E-state index contributed by atoms with van der Waals surface area (Å²) in [6.45, 7) is 1.91. The predicted octanol–water partition coefficient (Wildman–Crippen LogP) is 4.43. The van der Waals surface area contributed by atoms with Crippen molar-refractivity contribution in [1.82, 2.24) is 0 Å². The Hall–Kier alpha value is -2.30. The summed E-state index contributed by atoms with van der Waals surface area (Å²) < 4.78 is 38.2. The largest absolute Gasteiger partial charge is 0.420 e.